The van der Waals surface area contributed by atoms with Gasteiger partial charge in [-0.3, -0.25) is 4.79 Å². The van der Waals surface area contributed by atoms with Crippen LogP contribution in [0.1, 0.15) is 11.1 Å². The van der Waals surface area contributed by atoms with Gasteiger partial charge in [-0.2, -0.15) is 8.42 Å². The van der Waals surface area contributed by atoms with E-state index in [1.165, 1.54) is 36.0 Å². The van der Waals surface area contributed by atoms with E-state index in [4.69, 9.17) is 15.8 Å². The number of nitrogens with one attached hydrogen (secondary N) is 1. The highest BCUT2D eigenvalue weighted by atomic mass is 35.5. The molecule has 162 valence electrons. The lowest BCUT2D eigenvalue weighted by Crippen LogP contribution is -2.19. The van der Waals surface area contributed by atoms with Gasteiger partial charge in [-0.05, 0) is 72.8 Å². The molecular formula is C23H17ClN2O4S2. The Kier molecular flexibility index (Phi) is 6.36. The summed E-state index contributed by atoms with van der Waals surface area (Å²) < 4.78 is 30.0. The highest BCUT2D eigenvalue weighted by molar-refractivity contribution is 8.18. The van der Waals surface area contributed by atoms with Crippen LogP contribution in [0.25, 0.3) is 6.08 Å². The molecule has 0 aliphatic carbocycles. The average molecular weight is 485 g/mol. The SMILES string of the molecule is Cc1ccc(S(=O)(=O)Oc2ccc(/C=C3/SC(=Nc4cccc(Cl)c4)NC3=O)cc2)cc1. The first-order valence-electron chi connectivity index (χ1n) is 9.45. The van der Waals surface area contributed by atoms with E-state index in [1.807, 2.05) is 6.92 Å². The molecule has 1 amide bonds. The lowest BCUT2D eigenvalue weighted by atomic mass is 10.2. The number of hydrogen-bond acceptors (Lipinski definition) is 6. The number of benzene rings is 3. The van der Waals surface area contributed by atoms with Crippen molar-refractivity contribution in [3.05, 3.63) is 93.9 Å². The van der Waals surface area contributed by atoms with Crippen LogP contribution in [0, 0.1) is 6.92 Å². The molecule has 1 N–H and O–H groups in total. The molecule has 3 aromatic carbocycles. The van der Waals surface area contributed by atoms with Gasteiger partial charge < -0.3 is 9.50 Å². The Balaban J connectivity index is 1.47. The fourth-order valence-corrected chi connectivity index (χ4v) is 4.75. The number of carbonyl (C=O) groups excluding carboxylic acids is 1. The maximum absolute atomic E-state index is 12.4. The van der Waals surface area contributed by atoms with Crippen molar-refractivity contribution in [2.24, 2.45) is 4.99 Å². The Morgan fingerprint density at radius 1 is 1.03 bits per heavy atom. The van der Waals surface area contributed by atoms with Gasteiger partial charge in [0, 0.05) is 5.02 Å². The summed E-state index contributed by atoms with van der Waals surface area (Å²) in [5.41, 5.74) is 2.31. The maximum Gasteiger partial charge on any atom is 0.339 e. The van der Waals surface area contributed by atoms with Crippen LogP contribution in [0.5, 0.6) is 5.75 Å². The van der Waals surface area contributed by atoms with Crippen LogP contribution < -0.4 is 9.50 Å². The molecule has 0 aromatic heterocycles. The number of amidine groups is 1. The van der Waals surface area contributed by atoms with Crippen molar-refractivity contribution in [2.75, 3.05) is 0 Å². The number of halogens is 1. The second-order valence-corrected chi connectivity index (χ2v) is 9.89. The van der Waals surface area contributed by atoms with Crippen LogP contribution in [-0.2, 0) is 14.9 Å². The van der Waals surface area contributed by atoms with Crippen LogP contribution in [-0.4, -0.2) is 19.5 Å². The minimum Gasteiger partial charge on any atom is -0.379 e. The van der Waals surface area contributed by atoms with Crippen molar-refractivity contribution in [1.29, 1.82) is 0 Å². The molecule has 0 bridgehead atoms. The summed E-state index contributed by atoms with van der Waals surface area (Å²) in [6.45, 7) is 1.87. The number of aryl methyl sites for hydroxylation is 1. The van der Waals surface area contributed by atoms with Gasteiger partial charge in [-0.25, -0.2) is 4.99 Å². The summed E-state index contributed by atoms with van der Waals surface area (Å²) in [6, 6.07) is 19.9. The van der Waals surface area contributed by atoms with E-state index in [0.29, 0.717) is 26.3 Å². The summed E-state index contributed by atoms with van der Waals surface area (Å²) in [5.74, 6) is -0.0856. The van der Waals surface area contributed by atoms with Gasteiger partial charge in [0.05, 0.1) is 10.6 Å². The Labute approximate surface area is 195 Å². The Morgan fingerprint density at radius 2 is 1.75 bits per heavy atom. The number of aliphatic imine (C=N–C) groups is 1. The van der Waals surface area contributed by atoms with Crippen molar-refractivity contribution in [2.45, 2.75) is 11.8 Å². The minimum atomic E-state index is -3.92. The molecule has 1 aliphatic rings. The van der Waals surface area contributed by atoms with E-state index in [9.17, 15) is 13.2 Å². The summed E-state index contributed by atoms with van der Waals surface area (Å²) >= 11 is 7.17. The zero-order valence-corrected chi connectivity index (χ0v) is 19.2. The Bertz CT molecular complexity index is 1330. The fraction of sp³-hybridized carbons (Fsp3) is 0.0435. The zero-order valence-electron chi connectivity index (χ0n) is 16.8. The predicted octanol–water partition coefficient (Wildman–Crippen LogP) is 5.31. The highest BCUT2D eigenvalue weighted by Crippen LogP contribution is 2.29. The van der Waals surface area contributed by atoms with E-state index in [0.717, 1.165) is 5.56 Å². The molecule has 9 heteroatoms. The summed E-state index contributed by atoms with van der Waals surface area (Å²) in [6.07, 6.45) is 1.69. The van der Waals surface area contributed by atoms with Gasteiger partial charge in [0.2, 0.25) is 0 Å². The molecule has 0 spiro atoms. The first-order valence-corrected chi connectivity index (χ1v) is 12.1. The van der Waals surface area contributed by atoms with Gasteiger partial charge in [0.15, 0.2) is 5.17 Å². The van der Waals surface area contributed by atoms with Crippen LogP contribution in [0.4, 0.5) is 5.69 Å². The van der Waals surface area contributed by atoms with Gasteiger partial charge >= 0.3 is 10.1 Å². The molecular weight excluding hydrogens is 468 g/mol. The molecule has 0 atom stereocenters. The van der Waals surface area contributed by atoms with Gasteiger partial charge in [0.25, 0.3) is 5.91 Å². The second-order valence-electron chi connectivity index (χ2n) is 6.88. The van der Waals surface area contributed by atoms with Gasteiger partial charge in [-0.15, -0.1) is 0 Å². The monoisotopic (exact) mass is 484 g/mol. The topological polar surface area (TPSA) is 84.8 Å². The smallest absolute Gasteiger partial charge is 0.339 e. The number of rotatable bonds is 5. The third kappa shape index (κ3) is 5.40. The summed E-state index contributed by atoms with van der Waals surface area (Å²) in [5, 5.41) is 3.73. The third-order valence-electron chi connectivity index (χ3n) is 4.38. The van der Waals surface area contributed by atoms with Gasteiger partial charge in [0.1, 0.15) is 10.6 Å². The normalized spacial score (nSPS) is 16.4. The van der Waals surface area contributed by atoms with Crippen LogP contribution >= 0.6 is 23.4 Å². The van der Waals surface area contributed by atoms with E-state index in [-0.39, 0.29) is 16.6 Å². The molecule has 3 aromatic rings. The average Bonchev–Trinajstić information content (AvgIpc) is 3.08. The van der Waals surface area contributed by atoms with E-state index >= 15 is 0 Å². The first kappa shape index (κ1) is 22.1. The number of amides is 1. The molecule has 0 radical (unpaired) electrons. The lowest BCUT2D eigenvalue weighted by molar-refractivity contribution is -0.115. The van der Waals surface area contributed by atoms with Crippen molar-refractivity contribution in [3.8, 4) is 5.75 Å². The summed E-state index contributed by atoms with van der Waals surface area (Å²) in [7, 11) is -3.92. The molecule has 1 heterocycles. The van der Waals surface area contributed by atoms with E-state index in [2.05, 4.69) is 10.3 Å². The van der Waals surface area contributed by atoms with Crippen molar-refractivity contribution in [1.82, 2.24) is 5.32 Å². The predicted molar refractivity (Wildman–Crippen MR) is 128 cm³/mol. The standard InChI is InChI=1S/C23H17ClN2O4S2/c1-15-5-11-20(12-6-15)32(28,29)30-19-9-7-16(8-10-19)13-21-22(27)26-23(31-21)25-18-4-2-3-17(24)14-18/h2-14H,1H3,(H,25,26,27)/b21-13+. The zero-order chi connectivity index (χ0) is 22.7. The fourth-order valence-electron chi connectivity index (χ4n) is 2.79. The molecule has 0 saturated carbocycles. The van der Waals surface area contributed by atoms with Crippen LogP contribution in [0.15, 0.2) is 87.6 Å². The molecule has 4 rings (SSSR count). The largest absolute Gasteiger partial charge is 0.379 e. The van der Waals surface area contributed by atoms with Gasteiger partial charge in [-0.1, -0.05) is 47.5 Å². The molecule has 0 unspecified atom stereocenters. The third-order valence-corrected chi connectivity index (χ3v) is 6.79. The van der Waals surface area contributed by atoms with Crippen LogP contribution in [0.3, 0.4) is 0 Å². The molecule has 32 heavy (non-hydrogen) atoms. The van der Waals surface area contributed by atoms with E-state index < -0.39 is 10.1 Å². The summed E-state index contributed by atoms with van der Waals surface area (Å²) in [4.78, 5) is 17.2. The minimum absolute atomic E-state index is 0.0832. The number of nitrogens with zero attached hydrogens (tertiary/aromatic N) is 1. The molecule has 6 nitrogen and oxygen atoms in total. The molecule has 1 fully saturated rings. The van der Waals surface area contributed by atoms with Crippen LogP contribution in [0.2, 0.25) is 5.02 Å². The number of carbonyl (C=O) groups is 1. The maximum atomic E-state index is 12.4. The number of hydrogen-bond donors (Lipinski definition) is 1. The van der Waals surface area contributed by atoms with Crippen molar-refractivity contribution < 1.29 is 17.4 Å². The molecule has 1 saturated heterocycles. The lowest BCUT2D eigenvalue weighted by Gasteiger charge is -2.07. The van der Waals surface area contributed by atoms with E-state index in [1.54, 1.807) is 54.6 Å². The van der Waals surface area contributed by atoms with Crippen molar-refractivity contribution in [3.63, 3.8) is 0 Å². The highest BCUT2D eigenvalue weighted by Gasteiger charge is 2.24. The second kappa shape index (κ2) is 9.20. The van der Waals surface area contributed by atoms with Crippen molar-refractivity contribution >= 4 is 56.3 Å². The number of thioether (sulfide) groups is 1. The first-order chi connectivity index (χ1) is 15.3. The Hall–Kier alpha value is -3.07. The molecule has 1 aliphatic heterocycles. The quantitative estimate of drug-likeness (QED) is 0.392. The Morgan fingerprint density at radius 3 is 2.44 bits per heavy atom.